The minimum Gasteiger partial charge on any atom is -0.486 e. The van der Waals surface area contributed by atoms with E-state index in [0.29, 0.717) is 54.7 Å². The molecule has 0 saturated carbocycles. The van der Waals surface area contributed by atoms with Gasteiger partial charge >= 0.3 is 0 Å². The zero-order valence-corrected chi connectivity index (χ0v) is 14.1. The molecule has 0 radical (unpaired) electrons. The molecule has 3 rings (SSSR count). The Hall–Kier alpha value is -1.86. The Kier molecular flexibility index (Phi) is 5.87. The van der Waals surface area contributed by atoms with Crippen molar-refractivity contribution in [1.29, 1.82) is 0 Å². The number of carbonyl (C=O) groups excluding carboxylic acids is 1. The number of rotatable bonds is 8. The number of aryl methyl sites for hydroxylation is 1. The summed E-state index contributed by atoms with van der Waals surface area (Å²) in [6.45, 7) is 5.07. The second-order valence-corrected chi connectivity index (χ2v) is 6.40. The molecule has 3 heterocycles. The number of anilines is 1. The molecule has 1 aromatic rings. The maximum absolute atomic E-state index is 10.8. The van der Waals surface area contributed by atoms with Gasteiger partial charge in [-0.3, -0.25) is 4.79 Å². The highest BCUT2D eigenvalue weighted by atomic mass is 16.5. The fourth-order valence-electron chi connectivity index (χ4n) is 3.15. The topological polar surface area (TPSA) is 84.5 Å². The molecule has 1 amide bonds. The van der Waals surface area contributed by atoms with Gasteiger partial charge in [0.2, 0.25) is 6.41 Å². The summed E-state index contributed by atoms with van der Waals surface area (Å²) in [6.07, 6.45) is 5.23. The first-order valence-electron chi connectivity index (χ1n) is 8.70. The normalized spacial score (nSPS) is 23.2. The van der Waals surface area contributed by atoms with Gasteiger partial charge in [0.05, 0.1) is 11.4 Å². The van der Waals surface area contributed by atoms with Crippen molar-refractivity contribution >= 4 is 12.1 Å². The van der Waals surface area contributed by atoms with E-state index in [4.69, 9.17) is 9.47 Å². The molecule has 0 spiro atoms. The van der Waals surface area contributed by atoms with E-state index >= 15 is 0 Å². The molecule has 132 valence electrons. The smallest absolute Gasteiger partial charge is 0.257 e. The summed E-state index contributed by atoms with van der Waals surface area (Å²) < 4.78 is 11.9. The van der Waals surface area contributed by atoms with Crippen molar-refractivity contribution in [3.63, 3.8) is 0 Å². The maximum atomic E-state index is 10.8. The number of carbonyl (C=O) groups is 1. The van der Waals surface area contributed by atoms with E-state index in [9.17, 15) is 4.79 Å². The van der Waals surface area contributed by atoms with Crippen LogP contribution in [0.5, 0.6) is 11.6 Å². The van der Waals surface area contributed by atoms with Crippen molar-refractivity contribution in [2.75, 3.05) is 31.6 Å². The lowest BCUT2D eigenvalue weighted by molar-refractivity contribution is -0.105. The summed E-state index contributed by atoms with van der Waals surface area (Å²) >= 11 is 0. The number of nitrogens with one attached hydrogen (secondary N) is 3. The third-order valence-electron chi connectivity index (χ3n) is 4.55. The molecule has 0 bridgehead atoms. The van der Waals surface area contributed by atoms with Crippen molar-refractivity contribution in [1.82, 2.24) is 15.6 Å². The zero-order valence-electron chi connectivity index (χ0n) is 14.1. The summed E-state index contributed by atoms with van der Waals surface area (Å²) in [4.78, 5) is 15.2. The Morgan fingerprint density at radius 1 is 1.21 bits per heavy atom. The van der Waals surface area contributed by atoms with Crippen LogP contribution in [0.4, 0.5) is 5.69 Å². The number of ether oxygens (including phenoxy) is 2. The number of hydrogen-bond donors (Lipinski definition) is 3. The number of nitrogens with zero attached hydrogens (tertiary/aromatic N) is 1. The Morgan fingerprint density at radius 3 is 2.46 bits per heavy atom. The van der Waals surface area contributed by atoms with Crippen LogP contribution in [0.15, 0.2) is 6.07 Å². The van der Waals surface area contributed by atoms with Gasteiger partial charge in [-0.15, -0.1) is 0 Å². The summed E-state index contributed by atoms with van der Waals surface area (Å²) in [5.41, 5.74) is 1.36. The Labute approximate surface area is 142 Å². The monoisotopic (exact) mass is 334 g/mol. The first-order chi connectivity index (χ1) is 11.8. The molecule has 2 aliphatic rings. The highest BCUT2D eigenvalue weighted by Gasteiger charge is 2.20. The largest absolute Gasteiger partial charge is 0.486 e. The van der Waals surface area contributed by atoms with Crippen molar-refractivity contribution in [2.24, 2.45) is 0 Å². The summed E-state index contributed by atoms with van der Waals surface area (Å²) in [5.74, 6) is 1.08. The van der Waals surface area contributed by atoms with E-state index in [2.05, 4.69) is 20.9 Å². The van der Waals surface area contributed by atoms with Crippen LogP contribution in [0.3, 0.4) is 0 Å². The fraction of sp³-hybridized carbons (Fsp3) is 0.647. The summed E-state index contributed by atoms with van der Waals surface area (Å²) in [7, 11) is 0. The molecule has 3 N–H and O–H groups in total. The van der Waals surface area contributed by atoms with Crippen LogP contribution in [0, 0.1) is 6.92 Å². The van der Waals surface area contributed by atoms with E-state index in [1.165, 1.54) is 12.8 Å². The molecule has 2 aliphatic heterocycles. The zero-order chi connectivity index (χ0) is 16.8. The third kappa shape index (κ3) is 4.36. The molecule has 24 heavy (non-hydrogen) atoms. The SMILES string of the molecule is Cc1nc(OC[C@@H]2CCCN2)c(OC[C@@H]2CCCN2)cc1NC=O. The van der Waals surface area contributed by atoms with Crippen LogP contribution in [0.25, 0.3) is 0 Å². The second kappa shape index (κ2) is 8.30. The summed E-state index contributed by atoms with van der Waals surface area (Å²) in [6, 6.07) is 2.52. The van der Waals surface area contributed by atoms with Gasteiger partial charge in [0.15, 0.2) is 5.75 Å². The van der Waals surface area contributed by atoms with Crippen molar-refractivity contribution in [2.45, 2.75) is 44.7 Å². The number of aromatic nitrogens is 1. The molecule has 0 aromatic carbocycles. The Bertz CT molecular complexity index is 555. The number of amides is 1. The first kappa shape index (κ1) is 17.0. The van der Waals surface area contributed by atoms with Gasteiger partial charge in [-0.1, -0.05) is 0 Å². The fourth-order valence-corrected chi connectivity index (χ4v) is 3.15. The standard InChI is InChI=1S/C17H26N4O3/c1-12-15(20-11-22)8-16(23-9-13-4-2-6-18-13)17(21-12)24-10-14-5-3-7-19-14/h8,11,13-14,18-19H,2-7,9-10H2,1H3,(H,20,22)/t13-,14-/m0/s1. The van der Waals surface area contributed by atoms with Crippen molar-refractivity contribution in [3.8, 4) is 11.6 Å². The minimum atomic E-state index is 0.359. The lowest BCUT2D eigenvalue weighted by Crippen LogP contribution is -2.29. The van der Waals surface area contributed by atoms with Gasteiger partial charge in [0.25, 0.3) is 5.88 Å². The lowest BCUT2D eigenvalue weighted by atomic mass is 10.2. The van der Waals surface area contributed by atoms with Crippen LogP contribution >= 0.6 is 0 Å². The average molecular weight is 334 g/mol. The minimum absolute atomic E-state index is 0.359. The number of hydrogen-bond acceptors (Lipinski definition) is 6. The molecule has 2 saturated heterocycles. The first-order valence-corrected chi connectivity index (χ1v) is 8.70. The molecule has 2 atom stereocenters. The Morgan fingerprint density at radius 2 is 1.88 bits per heavy atom. The average Bonchev–Trinajstić information content (AvgIpc) is 3.27. The van der Waals surface area contributed by atoms with Gasteiger partial charge in [-0.2, -0.15) is 0 Å². The van der Waals surface area contributed by atoms with E-state index in [1.54, 1.807) is 6.07 Å². The van der Waals surface area contributed by atoms with E-state index < -0.39 is 0 Å². The van der Waals surface area contributed by atoms with Crippen molar-refractivity contribution < 1.29 is 14.3 Å². The molecule has 7 heteroatoms. The highest BCUT2D eigenvalue weighted by molar-refractivity contribution is 5.73. The lowest BCUT2D eigenvalue weighted by Gasteiger charge is -2.18. The molecule has 1 aromatic heterocycles. The third-order valence-corrected chi connectivity index (χ3v) is 4.55. The van der Waals surface area contributed by atoms with Crippen LogP contribution in [-0.2, 0) is 4.79 Å². The molecule has 0 aliphatic carbocycles. The quantitative estimate of drug-likeness (QED) is 0.620. The van der Waals surface area contributed by atoms with E-state index in [1.807, 2.05) is 6.92 Å². The Balaban J connectivity index is 1.70. The van der Waals surface area contributed by atoms with E-state index in [-0.39, 0.29) is 0 Å². The molecule has 2 fully saturated rings. The highest BCUT2D eigenvalue weighted by Crippen LogP contribution is 2.31. The van der Waals surface area contributed by atoms with Crippen LogP contribution in [-0.4, -0.2) is 49.8 Å². The summed E-state index contributed by atoms with van der Waals surface area (Å²) in [5, 5.41) is 9.48. The van der Waals surface area contributed by atoms with Crippen LogP contribution < -0.4 is 25.4 Å². The molecule has 0 unspecified atom stereocenters. The van der Waals surface area contributed by atoms with Gasteiger partial charge in [-0.25, -0.2) is 4.98 Å². The predicted molar refractivity (Wildman–Crippen MR) is 91.7 cm³/mol. The predicted octanol–water partition coefficient (Wildman–Crippen LogP) is 1.22. The molecule has 7 nitrogen and oxygen atoms in total. The van der Waals surface area contributed by atoms with E-state index in [0.717, 1.165) is 25.9 Å². The molecular weight excluding hydrogens is 308 g/mol. The number of pyridine rings is 1. The van der Waals surface area contributed by atoms with Crippen LogP contribution in [0.1, 0.15) is 31.4 Å². The second-order valence-electron chi connectivity index (χ2n) is 6.40. The van der Waals surface area contributed by atoms with Crippen LogP contribution in [0.2, 0.25) is 0 Å². The van der Waals surface area contributed by atoms with Crippen molar-refractivity contribution in [3.05, 3.63) is 11.8 Å². The van der Waals surface area contributed by atoms with Gasteiger partial charge in [0, 0.05) is 18.2 Å². The van der Waals surface area contributed by atoms with Gasteiger partial charge in [-0.05, 0) is 45.7 Å². The van der Waals surface area contributed by atoms with Gasteiger partial charge in [0.1, 0.15) is 13.2 Å². The maximum Gasteiger partial charge on any atom is 0.257 e. The van der Waals surface area contributed by atoms with Gasteiger partial charge < -0.3 is 25.4 Å². The molecular formula is C17H26N4O3.